The summed E-state index contributed by atoms with van der Waals surface area (Å²) in [5, 5.41) is 0. The number of nitrogens with two attached hydrogens (primary N) is 1. The molecule has 0 amide bonds. The van der Waals surface area contributed by atoms with Crippen molar-refractivity contribution in [1.82, 2.24) is 4.90 Å². The van der Waals surface area contributed by atoms with Crippen LogP contribution in [0.3, 0.4) is 0 Å². The highest BCUT2D eigenvalue weighted by Crippen LogP contribution is 2.01. The number of esters is 1. The first-order valence-electron chi connectivity index (χ1n) is 6.80. The third-order valence-corrected chi connectivity index (χ3v) is 2.70. The number of carbonyl (C=O) groups excluding carboxylic acids is 1. The summed E-state index contributed by atoms with van der Waals surface area (Å²) in [6.07, 6.45) is 4.63. The van der Waals surface area contributed by atoms with Gasteiger partial charge in [0.25, 0.3) is 0 Å². The van der Waals surface area contributed by atoms with Crippen LogP contribution >= 0.6 is 0 Å². The van der Waals surface area contributed by atoms with Gasteiger partial charge in [-0.25, -0.2) is 0 Å². The Morgan fingerprint density at radius 2 is 1.71 bits per heavy atom. The number of ether oxygens (including phenoxy) is 1. The lowest BCUT2D eigenvalue weighted by molar-refractivity contribution is -0.145. The Labute approximate surface area is 105 Å². The van der Waals surface area contributed by atoms with Gasteiger partial charge >= 0.3 is 5.97 Å². The molecule has 0 spiro atoms. The molecule has 0 aromatic carbocycles. The molecular weight excluding hydrogens is 216 g/mol. The molecule has 0 radical (unpaired) electrons. The third-order valence-electron chi connectivity index (χ3n) is 2.70. The molecule has 4 heteroatoms. The van der Waals surface area contributed by atoms with Gasteiger partial charge < -0.3 is 15.4 Å². The van der Waals surface area contributed by atoms with Crippen molar-refractivity contribution in [2.75, 3.05) is 26.2 Å². The van der Waals surface area contributed by atoms with Crippen molar-refractivity contribution in [2.24, 2.45) is 5.73 Å². The predicted molar refractivity (Wildman–Crippen MR) is 70.9 cm³/mol. The van der Waals surface area contributed by atoms with Crippen LogP contribution in [0.5, 0.6) is 0 Å². The zero-order valence-electron chi connectivity index (χ0n) is 11.6. The van der Waals surface area contributed by atoms with E-state index in [0.717, 1.165) is 38.8 Å². The summed E-state index contributed by atoms with van der Waals surface area (Å²) in [5.41, 5.74) is 5.83. The fourth-order valence-corrected chi connectivity index (χ4v) is 1.66. The zero-order valence-corrected chi connectivity index (χ0v) is 11.6. The second-order valence-corrected chi connectivity index (χ2v) is 4.37. The number of rotatable bonds is 10. The summed E-state index contributed by atoms with van der Waals surface area (Å²) in [7, 11) is 0. The van der Waals surface area contributed by atoms with E-state index in [1.807, 2.05) is 0 Å². The van der Waals surface area contributed by atoms with Crippen LogP contribution in [-0.4, -0.2) is 43.2 Å². The number of nitrogens with zero attached hydrogens (tertiary/aromatic N) is 1. The smallest absolute Gasteiger partial charge is 0.324 e. The van der Waals surface area contributed by atoms with Crippen LogP contribution < -0.4 is 5.73 Å². The molecule has 102 valence electrons. The second-order valence-electron chi connectivity index (χ2n) is 4.37. The molecule has 0 fully saturated rings. The standard InChI is InChI=1S/C13H28N2O2/c1-4-7-9-15(10-8-5-2)11-12(14)13(16)17-6-3/h12H,4-11,14H2,1-3H3. The van der Waals surface area contributed by atoms with Crippen molar-refractivity contribution in [3.63, 3.8) is 0 Å². The highest BCUT2D eigenvalue weighted by molar-refractivity contribution is 5.75. The van der Waals surface area contributed by atoms with Gasteiger partial charge in [-0.05, 0) is 32.9 Å². The predicted octanol–water partition coefficient (Wildman–Crippen LogP) is 1.78. The van der Waals surface area contributed by atoms with Gasteiger partial charge in [-0.1, -0.05) is 26.7 Å². The Morgan fingerprint density at radius 3 is 2.12 bits per heavy atom. The van der Waals surface area contributed by atoms with Gasteiger partial charge in [-0.2, -0.15) is 0 Å². The Balaban J connectivity index is 4.05. The lowest BCUT2D eigenvalue weighted by Gasteiger charge is -2.24. The van der Waals surface area contributed by atoms with E-state index in [2.05, 4.69) is 18.7 Å². The summed E-state index contributed by atoms with van der Waals surface area (Å²) < 4.78 is 4.92. The second kappa shape index (κ2) is 10.5. The minimum atomic E-state index is -0.510. The third kappa shape index (κ3) is 8.16. The molecule has 0 aliphatic heterocycles. The van der Waals surface area contributed by atoms with Crippen LogP contribution in [-0.2, 0) is 9.53 Å². The molecule has 1 unspecified atom stereocenters. The van der Waals surface area contributed by atoms with E-state index >= 15 is 0 Å². The maximum Gasteiger partial charge on any atom is 0.324 e. The maximum absolute atomic E-state index is 11.5. The zero-order chi connectivity index (χ0) is 13.1. The summed E-state index contributed by atoms with van der Waals surface area (Å²) >= 11 is 0. The van der Waals surface area contributed by atoms with E-state index in [1.165, 1.54) is 0 Å². The summed E-state index contributed by atoms with van der Waals surface area (Å²) in [6.45, 7) is 9.19. The van der Waals surface area contributed by atoms with Crippen molar-refractivity contribution < 1.29 is 9.53 Å². The van der Waals surface area contributed by atoms with Crippen molar-refractivity contribution in [3.8, 4) is 0 Å². The molecule has 0 aliphatic carbocycles. The van der Waals surface area contributed by atoms with Gasteiger partial charge in [0.2, 0.25) is 0 Å². The molecule has 0 bridgehead atoms. The first kappa shape index (κ1) is 16.4. The Bertz CT molecular complexity index is 190. The van der Waals surface area contributed by atoms with E-state index in [9.17, 15) is 4.79 Å². The van der Waals surface area contributed by atoms with Crippen molar-refractivity contribution >= 4 is 5.97 Å². The highest BCUT2D eigenvalue weighted by atomic mass is 16.5. The van der Waals surface area contributed by atoms with Crippen LogP contribution in [0.1, 0.15) is 46.5 Å². The van der Waals surface area contributed by atoms with E-state index in [1.54, 1.807) is 6.92 Å². The topological polar surface area (TPSA) is 55.6 Å². The van der Waals surface area contributed by atoms with Gasteiger partial charge in [0.15, 0.2) is 0 Å². The van der Waals surface area contributed by atoms with Crippen molar-refractivity contribution in [3.05, 3.63) is 0 Å². The first-order valence-corrected chi connectivity index (χ1v) is 6.80. The minimum absolute atomic E-state index is 0.287. The summed E-state index contributed by atoms with van der Waals surface area (Å²) in [4.78, 5) is 13.7. The van der Waals surface area contributed by atoms with Crippen LogP contribution in [0.15, 0.2) is 0 Å². The molecule has 0 aliphatic rings. The number of hydrogen-bond acceptors (Lipinski definition) is 4. The van der Waals surface area contributed by atoms with Crippen LogP contribution in [0, 0.1) is 0 Å². The molecular formula is C13H28N2O2. The van der Waals surface area contributed by atoms with Gasteiger partial charge in [0.05, 0.1) is 6.61 Å². The van der Waals surface area contributed by atoms with Crippen LogP contribution in [0.2, 0.25) is 0 Å². The van der Waals surface area contributed by atoms with E-state index in [0.29, 0.717) is 13.2 Å². The number of carbonyl (C=O) groups is 1. The van der Waals surface area contributed by atoms with Gasteiger partial charge in [0, 0.05) is 6.54 Å². The molecule has 0 saturated heterocycles. The first-order chi connectivity index (χ1) is 8.15. The summed E-state index contributed by atoms with van der Waals surface area (Å²) in [5.74, 6) is -0.287. The van der Waals surface area contributed by atoms with E-state index < -0.39 is 6.04 Å². The van der Waals surface area contributed by atoms with Crippen molar-refractivity contribution in [1.29, 1.82) is 0 Å². The Kier molecular flexibility index (Phi) is 10.2. The molecule has 17 heavy (non-hydrogen) atoms. The molecule has 4 nitrogen and oxygen atoms in total. The lowest BCUT2D eigenvalue weighted by atomic mass is 10.2. The molecule has 0 aromatic heterocycles. The molecule has 2 N–H and O–H groups in total. The SMILES string of the molecule is CCCCN(CCCC)CC(N)C(=O)OCC. The molecule has 1 atom stereocenters. The minimum Gasteiger partial charge on any atom is -0.465 e. The average molecular weight is 244 g/mol. The van der Waals surface area contributed by atoms with Crippen LogP contribution in [0.4, 0.5) is 0 Å². The quantitative estimate of drug-likeness (QED) is 0.595. The highest BCUT2D eigenvalue weighted by Gasteiger charge is 2.17. The Hall–Kier alpha value is -0.610. The van der Waals surface area contributed by atoms with Gasteiger partial charge in [0.1, 0.15) is 6.04 Å². The fraction of sp³-hybridized carbons (Fsp3) is 0.923. The largest absolute Gasteiger partial charge is 0.465 e. The molecule has 0 aromatic rings. The monoisotopic (exact) mass is 244 g/mol. The Morgan fingerprint density at radius 1 is 1.18 bits per heavy atom. The van der Waals surface area contributed by atoms with Gasteiger partial charge in [-0.15, -0.1) is 0 Å². The lowest BCUT2D eigenvalue weighted by Crippen LogP contribution is -2.44. The summed E-state index contributed by atoms with van der Waals surface area (Å²) in [6, 6.07) is -0.510. The molecule has 0 rings (SSSR count). The van der Waals surface area contributed by atoms with Crippen LogP contribution in [0.25, 0.3) is 0 Å². The van der Waals surface area contributed by atoms with Crippen molar-refractivity contribution in [2.45, 2.75) is 52.5 Å². The van der Waals surface area contributed by atoms with Gasteiger partial charge in [-0.3, -0.25) is 4.79 Å². The molecule has 0 heterocycles. The van der Waals surface area contributed by atoms with E-state index in [-0.39, 0.29) is 5.97 Å². The van der Waals surface area contributed by atoms with E-state index in [4.69, 9.17) is 10.5 Å². The number of unbranched alkanes of at least 4 members (excludes halogenated alkanes) is 2. The molecule has 0 saturated carbocycles. The fourth-order valence-electron chi connectivity index (χ4n) is 1.66. The normalized spacial score (nSPS) is 12.8. The number of hydrogen-bond donors (Lipinski definition) is 1. The average Bonchev–Trinajstić information content (AvgIpc) is 2.32. The maximum atomic E-state index is 11.5.